The molecule has 0 aliphatic carbocycles. The summed E-state index contributed by atoms with van der Waals surface area (Å²) in [6.07, 6.45) is 5.13. The van der Waals surface area contributed by atoms with Crippen molar-refractivity contribution in [1.82, 2.24) is 19.2 Å². The molecule has 3 rings (SSSR count). The summed E-state index contributed by atoms with van der Waals surface area (Å²) in [5.74, 6) is -1.20. The summed E-state index contributed by atoms with van der Waals surface area (Å²) in [6, 6.07) is 5.14. The number of carbonyl (C=O) groups excluding carboxylic acids is 1. The minimum Gasteiger partial charge on any atom is -0.545 e. The number of nitrogens with zero attached hydrogens (tertiary/aromatic N) is 4. The van der Waals surface area contributed by atoms with E-state index in [4.69, 9.17) is 0 Å². The van der Waals surface area contributed by atoms with E-state index >= 15 is 0 Å². The first-order valence-corrected chi connectivity index (χ1v) is 6.30. The van der Waals surface area contributed by atoms with Crippen LogP contribution in [-0.2, 0) is 0 Å². The number of carbonyl (C=O) groups is 1. The van der Waals surface area contributed by atoms with Crippen LogP contribution in [0.25, 0.3) is 17.0 Å². The minimum absolute atomic E-state index is 0. The van der Waals surface area contributed by atoms with Crippen LogP contribution in [0.3, 0.4) is 0 Å². The molecular weight excluding hydrogens is 263 g/mol. The Balaban J connectivity index is 0.00000161. The number of aromatic nitrogens is 4. The van der Waals surface area contributed by atoms with Gasteiger partial charge < -0.3 is 9.90 Å². The number of hydrogen-bond acceptors (Lipinski definition) is 4. The number of hydrogen-bond donors (Lipinski definition) is 0. The predicted molar refractivity (Wildman–Crippen MR) is 71.1 cm³/mol. The zero-order chi connectivity index (χ0) is 14.3. The summed E-state index contributed by atoms with van der Waals surface area (Å²) in [5.41, 5.74) is 2.50. The van der Waals surface area contributed by atoms with E-state index in [2.05, 4.69) is 10.1 Å². The van der Waals surface area contributed by atoms with Crippen molar-refractivity contribution in [2.24, 2.45) is 0 Å². The van der Waals surface area contributed by atoms with Crippen LogP contribution in [0.4, 0.5) is 0 Å². The Morgan fingerprint density at radius 2 is 2.05 bits per heavy atom. The van der Waals surface area contributed by atoms with Crippen molar-refractivity contribution in [2.45, 2.75) is 19.9 Å². The third-order valence-electron chi connectivity index (χ3n) is 3.17. The third kappa shape index (κ3) is 2.60. The summed E-state index contributed by atoms with van der Waals surface area (Å²) >= 11 is 0. The number of imidazole rings is 1. The smallest absolute Gasteiger partial charge is 0.545 e. The van der Waals surface area contributed by atoms with Gasteiger partial charge in [0, 0.05) is 24.0 Å². The number of carboxylic acid groups (broad SMARTS) is 1. The van der Waals surface area contributed by atoms with Gasteiger partial charge in [-0.2, -0.15) is 5.10 Å². The van der Waals surface area contributed by atoms with Crippen LogP contribution in [0.5, 0.6) is 0 Å². The number of carboxylic acids is 1. The Bertz CT molecular complexity index is 791. The van der Waals surface area contributed by atoms with Crippen molar-refractivity contribution in [2.75, 3.05) is 0 Å². The summed E-state index contributed by atoms with van der Waals surface area (Å²) in [7, 11) is 0. The molecule has 3 heterocycles. The van der Waals surface area contributed by atoms with Crippen LogP contribution in [0, 0.1) is 0 Å². The monoisotopic (exact) mass is 276 g/mol. The molecule has 3 aromatic rings. The SMILES string of the molecule is CC(C)n1nccc1-c1cnc2cc(C(=O)[O-])ccn12.[Li+]. The molecule has 0 N–H and O–H groups in total. The number of pyridine rings is 1. The van der Waals surface area contributed by atoms with E-state index in [1.807, 2.05) is 29.0 Å². The molecule has 0 aliphatic rings. The van der Waals surface area contributed by atoms with Gasteiger partial charge in [0.2, 0.25) is 0 Å². The van der Waals surface area contributed by atoms with E-state index < -0.39 is 5.97 Å². The maximum absolute atomic E-state index is 10.9. The van der Waals surface area contributed by atoms with Gasteiger partial charge in [-0.3, -0.25) is 9.08 Å². The van der Waals surface area contributed by atoms with E-state index in [0.717, 1.165) is 11.4 Å². The Kier molecular flexibility index (Phi) is 4.21. The van der Waals surface area contributed by atoms with E-state index in [0.29, 0.717) is 5.65 Å². The van der Waals surface area contributed by atoms with Gasteiger partial charge in [0.25, 0.3) is 0 Å². The second-order valence-corrected chi connectivity index (χ2v) is 4.83. The molecule has 0 amide bonds. The van der Waals surface area contributed by atoms with Gasteiger partial charge in [-0.1, -0.05) is 0 Å². The molecule has 0 saturated carbocycles. The van der Waals surface area contributed by atoms with Crippen LogP contribution < -0.4 is 24.0 Å². The molecule has 0 aliphatic heterocycles. The maximum atomic E-state index is 10.9. The Morgan fingerprint density at radius 3 is 2.71 bits per heavy atom. The van der Waals surface area contributed by atoms with E-state index in [1.165, 1.54) is 12.1 Å². The molecule has 0 bridgehead atoms. The zero-order valence-electron chi connectivity index (χ0n) is 12.1. The van der Waals surface area contributed by atoms with Crippen molar-refractivity contribution in [3.63, 3.8) is 0 Å². The van der Waals surface area contributed by atoms with Crippen molar-refractivity contribution in [3.8, 4) is 11.4 Å². The van der Waals surface area contributed by atoms with Gasteiger partial charge in [-0.25, -0.2) is 4.98 Å². The van der Waals surface area contributed by atoms with Crippen LogP contribution in [0.15, 0.2) is 36.8 Å². The molecule has 0 radical (unpaired) electrons. The first kappa shape index (κ1) is 15.4. The normalized spacial score (nSPS) is 10.8. The molecule has 0 atom stereocenters. The van der Waals surface area contributed by atoms with Gasteiger partial charge >= 0.3 is 18.9 Å². The molecule has 0 aromatic carbocycles. The van der Waals surface area contributed by atoms with E-state index in [1.54, 1.807) is 18.6 Å². The van der Waals surface area contributed by atoms with Gasteiger partial charge in [-0.05, 0) is 32.0 Å². The van der Waals surface area contributed by atoms with Gasteiger partial charge in [0.05, 0.1) is 23.6 Å². The summed E-state index contributed by atoms with van der Waals surface area (Å²) in [5, 5.41) is 15.2. The molecule has 6 nitrogen and oxygen atoms in total. The van der Waals surface area contributed by atoms with Crippen molar-refractivity contribution < 1.29 is 28.8 Å². The fourth-order valence-electron chi connectivity index (χ4n) is 2.23. The second kappa shape index (κ2) is 5.76. The molecule has 0 fully saturated rings. The fourth-order valence-corrected chi connectivity index (χ4v) is 2.23. The average molecular weight is 276 g/mol. The molecule has 7 heteroatoms. The van der Waals surface area contributed by atoms with E-state index in [9.17, 15) is 9.90 Å². The molecule has 3 aromatic heterocycles. The average Bonchev–Trinajstić information content (AvgIpc) is 3.03. The third-order valence-corrected chi connectivity index (χ3v) is 3.17. The van der Waals surface area contributed by atoms with Crippen molar-refractivity contribution >= 4 is 11.6 Å². The fraction of sp³-hybridized carbons (Fsp3) is 0.214. The molecule has 102 valence electrons. The first-order valence-electron chi connectivity index (χ1n) is 6.30. The van der Waals surface area contributed by atoms with Gasteiger partial charge in [0.1, 0.15) is 5.65 Å². The minimum atomic E-state index is -1.20. The standard InChI is InChI=1S/C14H14N4O2.Li/c1-9(2)18-11(3-5-16-18)12-8-15-13-7-10(14(19)20)4-6-17(12)13;/h3-9H,1-2H3,(H,19,20);/q;+1/p-1. The van der Waals surface area contributed by atoms with Crippen molar-refractivity contribution in [1.29, 1.82) is 0 Å². The molecule has 0 saturated heterocycles. The molecule has 21 heavy (non-hydrogen) atoms. The summed E-state index contributed by atoms with van der Waals surface area (Å²) < 4.78 is 3.73. The number of rotatable bonds is 3. The Hall–Kier alpha value is -2.03. The quantitative estimate of drug-likeness (QED) is 0.526. The summed E-state index contributed by atoms with van der Waals surface area (Å²) in [6.45, 7) is 4.10. The molecule has 0 unspecified atom stereocenters. The zero-order valence-corrected chi connectivity index (χ0v) is 12.1. The first-order chi connectivity index (χ1) is 9.58. The largest absolute Gasteiger partial charge is 1.00 e. The molecule has 0 spiro atoms. The number of aromatic carboxylic acids is 1. The predicted octanol–water partition coefficient (Wildman–Crippen LogP) is -1.85. The molecular formula is C14H13LiN4O2. The maximum Gasteiger partial charge on any atom is 1.00 e. The van der Waals surface area contributed by atoms with Crippen LogP contribution in [0.1, 0.15) is 30.2 Å². The Morgan fingerprint density at radius 1 is 1.29 bits per heavy atom. The van der Waals surface area contributed by atoms with Crippen molar-refractivity contribution in [3.05, 3.63) is 42.4 Å². The van der Waals surface area contributed by atoms with E-state index in [-0.39, 0.29) is 30.5 Å². The second-order valence-electron chi connectivity index (χ2n) is 4.83. The summed E-state index contributed by atoms with van der Waals surface area (Å²) in [4.78, 5) is 15.1. The van der Waals surface area contributed by atoms with Crippen LogP contribution in [-0.4, -0.2) is 25.1 Å². The number of fused-ring (bicyclic) bond motifs is 1. The van der Waals surface area contributed by atoms with Gasteiger partial charge in [0.15, 0.2) is 0 Å². The topological polar surface area (TPSA) is 75.2 Å². The Labute approximate surface area is 133 Å². The van der Waals surface area contributed by atoms with Crippen LogP contribution in [0.2, 0.25) is 0 Å². The van der Waals surface area contributed by atoms with Gasteiger partial charge in [-0.15, -0.1) is 0 Å². The van der Waals surface area contributed by atoms with Crippen LogP contribution >= 0.6 is 0 Å².